The van der Waals surface area contributed by atoms with Crippen LogP contribution in [-0.2, 0) is 19.1 Å². The standard InChI is InChI=1S/C31H48N2O5/c1-28(2)17-22(18-29(3,4)32(28)9)26(34)37-25(16-21-12-14-24(36-11)15-13-21)38-27(35)23-19-30(5,6)33(10)31(7,8)20-23/h12-16,22-23H,17-20H2,1-11H3. The Labute approximate surface area is 229 Å². The van der Waals surface area contributed by atoms with E-state index in [2.05, 4.69) is 79.3 Å². The van der Waals surface area contributed by atoms with Crippen molar-refractivity contribution in [1.29, 1.82) is 0 Å². The van der Waals surface area contributed by atoms with Gasteiger partial charge in [0.2, 0.25) is 0 Å². The highest BCUT2D eigenvalue weighted by Crippen LogP contribution is 2.42. The van der Waals surface area contributed by atoms with Gasteiger partial charge in [0, 0.05) is 28.2 Å². The summed E-state index contributed by atoms with van der Waals surface area (Å²) in [6.45, 7) is 17.2. The second-order valence-electron chi connectivity index (χ2n) is 13.7. The summed E-state index contributed by atoms with van der Waals surface area (Å²) < 4.78 is 17.0. The Hall–Kier alpha value is -2.38. The Morgan fingerprint density at radius 3 is 1.37 bits per heavy atom. The normalized spacial score (nSPS) is 23.3. The van der Waals surface area contributed by atoms with Gasteiger partial charge in [-0.15, -0.1) is 0 Å². The van der Waals surface area contributed by atoms with Gasteiger partial charge in [0.1, 0.15) is 5.75 Å². The third-order valence-corrected chi connectivity index (χ3v) is 9.09. The zero-order valence-electron chi connectivity index (χ0n) is 25.3. The molecule has 0 bridgehead atoms. The first-order valence-electron chi connectivity index (χ1n) is 13.6. The van der Waals surface area contributed by atoms with E-state index in [0.717, 1.165) is 5.56 Å². The van der Waals surface area contributed by atoms with E-state index in [4.69, 9.17) is 14.2 Å². The predicted octanol–water partition coefficient (Wildman–Crippen LogP) is 5.88. The quantitative estimate of drug-likeness (QED) is 0.337. The average Bonchev–Trinajstić information content (AvgIpc) is 2.80. The lowest BCUT2D eigenvalue weighted by Crippen LogP contribution is -2.59. The highest BCUT2D eigenvalue weighted by Gasteiger charge is 2.47. The molecular formula is C31H48N2O5. The van der Waals surface area contributed by atoms with Gasteiger partial charge in [-0.3, -0.25) is 19.4 Å². The molecule has 2 heterocycles. The molecule has 0 saturated carbocycles. The van der Waals surface area contributed by atoms with E-state index in [1.165, 1.54) is 0 Å². The smallest absolute Gasteiger partial charge is 0.316 e. The monoisotopic (exact) mass is 528 g/mol. The topological polar surface area (TPSA) is 68.3 Å². The lowest BCUT2D eigenvalue weighted by Gasteiger charge is -2.53. The second kappa shape index (κ2) is 10.6. The van der Waals surface area contributed by atoms with Crippen LogP contribution in [0.25, 0.3) is 6.08 Å². The number of likely N-dealkylation sites (tertiary alicyclic amines) is 2. The van der Waals surface area contributed by atoms with Crippen molar-refractivity contribution in [2.75, 3.05) is 21.2 Å². The molecule has 0 aromatic heterocycles. The minimum absolute atomic E-state index is 0.0748. The van der Waals surface area contributed by atoms with E-state index in [1.54, 1.807) is 13.2 Å². The summed E-state index contributed by atoms with van der Waals surface area (Å²) >= 11 is 0. The molecule has 0 spiro atoms. The lowest BCUT2D eigenvalue weighted by atomic mass is 9.74. The second-order valence-corrected chi connectivity index (χ2v) is 13.7. The Bertz CT molecular complexity index is 961. The molecule has 1 aromatic carbocycles. The third kappa shape index (κ3) is 6.60. The number of carbonyl (C=O) groups excluding carboxylic acids is 2. The number of nitrogens with zero attached hydrogens (tertiary/aromatic N) is 2. The molecule has 212 valence electrons. The maximum atomic E-state index is 13.5. The van der Waals surface area contributed by atoms with Crippen LogP contribution in [0.2, 0.25) is 0 Å². The van der Waals surface area contributed by atoms with E-state index in [9.17, 15) is 9.59 Å². The molecule has 7 nitrogen and oxygen atoms in total. The Balaban J connectivity index is 1.86. The molecule has 2 fully saturated rings. The third-order valence-electron chi connectivity index (χ3n) is 9.09. The average molecular weight is 529 g/mol. The predicted molar refractivity (Wildman–Crippen MR) is 150 cm³/mol. The van der Waals surface area contributed by atoms with Gasteiger partial charge in [-0.05, 0) is 113 Å². The number of carbonyl (C=O) groups is 2. The molecule has 0 aliphatic carbocycles. The summed E-state index contributed by atoms with van der Waals surface area (Å²) in [5.41, 5.74) is 0.0515. The van der Waals surface area contributed by atoms with Crippen LogP contribution in [0, 0.1) is 11.8 Å². The number of rotatable bonds is 6. The van der Waals surface area contributed by atoms with Crippen molar-refractivity contribution in [1.82, 2.24) is 9.80 Å². The molecule has 0 unspecified atom stereocenters. The van der Waals surface area contributed by atoms with Crippen LogP contribution in [0.5, 0.6) is 5.75 Å². The number of esters is 2. The molecule has 1 aromatic rings. The molecule has 7 heteroatoms. The van der Waals surface area contributed by atoms with E-state index in [-0.39, 0.29) is 51.9 Å². The number of hydrogen-bond acceptors (Lipinski definition) is 7. The van der Waals surface area contributed by atoms with Crippen molar-refractivity contribution in [2.45, 2.75) is 103 Å². The fourth-order valence-electron chi connectivity index (χ4n) is 6.36. The number of piperidine rings is 2. The van der Waals surface area contributed by atoms with Crippen LogP contribution in [0.1, 0.15) is 86.6 Å². The first-order chi connectivity index (χ1) is 17.4. The molecule has 0 radical (unpaired) electrons. The van der Waals surface area contributed by atoms with Crippen LogP contribution in [0.4, 0.5) is 0 Å². The van der Waals surface area contributed by atoms with Crippen molar-refractivity contribution in [2.24, 2.45) is 11.8 Å². The minimum atomic E-state index is -0.365. The molecule has 0 atom stereocenters. The summed E-state index contributed by atoms with van der Waals surface area (Å²) in [6, 6.07) is 7.31. The number of hydrogen-bond donors (Lipinski definition) is 0. The number of ether oxygens (including phenoxy) is 3. The molecule has 0 amide bonds. The zero-order valence-corrected chi connectivity index (χ0v) is 25.3. The van der Waals surface area contributed by atoms with E-state index < -0.39 is 0 Å². The lowest BCUT2D eigenvalue weighted by molar-refractivity contribution is -0.166. The molecule has 38 heavy (non-hydrogen) atoms. The van der Waals surface area contributed by atoms with Gasteiger partial charge < -0.3 is 14.2 Å². The SMILES string of the molecule is COc1ccc(C=C(OC(=O)C2CC(C)(C)N(C)C(C)(C)C2)OC(=O)C2CC(C)(C)N(C)C(C)(C)C2)cc1. The molecule has 3 rings (SSSR count). The highest BCUT2D eigenvalue weighted by molar-refractivity contribution is 5.78. The Morgan fingerprint density at radius 2 is 1.05 bits per heavy atom. The van der Waals surface area contributed by atoms with E-state index in [0.29, 0.717) is 31.4 Å². The van der Waals surface area contributed by atoms with Crippen molar-refractivity contribution < 1.29 is 23.8 Å². The maximum absolute atomic E-state index is 13.5. The van der Waals surface area contributed by atoms with Gasteiger partial charge >= 0.3 is 11.9 Å². The fourth-order valence-corrected chi connectivity index (χ4v) is 6.36. The summed E-state index contributed by atoms with van der Waals surface area (Å²) in [7, 11) is 5.81. The van der Waals surface area contributed by atoms with E-state index >= 15 is 0 Å². The van der Waals surface area contributed by atoms with Crippen molar-refractivity contribution in [3.8, 4) is 5.75 Å². The van der Waals surface area contributed by atoms with Crippen molar-refractivity contribution >= 4 is 18.0 Å². The van der Waals surface area contributed by atoms with Crippen LogP contribution in [0.3, 0.4) is 0 Å². The molecule has 0 N–H and O–H groups in total. The van der Waals surface area contributed by atoms with E-state index in [1.807, 2.05) is 24.3 Å². The van der Waals surface area contributed by atoms with Gasteiger partial charge in [-0.25, -0.2) is 0 Å². The summed E-state index contributed by atoms with van der Waals surface area (Å²) in [6.07, 6.45) is 4.26. The Kier molecular flexibility index (Phi) is 8.45. The fraction of sp³-hybridized carbons (Fsp3) is 0.677. The Morgan fingerprint density at radius 1 is 0.711 bits per heavy atom. The summed E-state index contributed by atoms with van der Waals surface area (Å²) in [5, 5.41) is 0. The van der Waals surface area contributed by atoms with Gasteiger partial charge in [0.25, 0.3) is 5.95 Å². The van der Waals surface area contributed by atoms with Gasteiger partial charge in [0.15, 0.2) is 0 Å². The molecule has 2 aliphatic heterocycles. The molecule has 2 saturated heterocycles. The van der Waals surface area contributed by atoms with Crippen LogP contribution in [-0.4, -0.2) is 65.1 Å². The van der Waals surface area contributed by atoms with Crippen LogP contribution >= 0.6 is 0 Å². The zero-order chi connectivity index (χ0) is 28.7. The summed E-state index contributed by atoms with van der Waals surface area (Å²) in [5.74, 6) is -0.712. The van der Waals surface area contributed by atoms with Gasteiger partial charge in [-0.1, -0.05) is 12.1 Å². The number of benzene rings is 1. The minimum Gasteiger partial charge on any atom is -0.497 e. The molecule has 2 aliphatic rings. The van der Waals surface area contributed by atoms with Crippen molar-refractivity contribution in [3.05, 3.63) is 35.8 Å². The van der Waals surface area contributed by atoms with Crippen LogP contribution < -0.4 is 4.74 Å². The van der Waals surface area contributed by atoms with Gasteiger partial charge in [-0.2, -0.15) is 0 Å². The highest BCUT2D eigenvalue weighted by atomic mass is 16.7. The largest absolute Gasteiger partial charge is 0.497 e. The first-order valence-corrected chi connectivity index (χ1v) is 13.6. The maximum Gasteiger partial charge on any atom is 0.316 e. The molecular weight excluding hydrogens is 480 g/mol. The van der Waals surface area contributed by atoms with Gasteiger partial charge in [0.05, 0.1) is 18.9 Å². The number of methoxy groups -OCH3 is 1. The van der Waals surface area contributed by atoms with Crippen LogP contribution in [0.15, 0.2) is 30.2 Å². The summed E-state index contributed by atoms with van der Waals surface area (Å²) in [4.78, 5) is 31.6. The first kappa shape index (κ1) is 30.2. The van der Waals surface area contributed by atoms with Crippen molar-refractivity contribution in [3.63, 3.8) is 0 Å².